The van der Waals surface area contributed by atoms with E-state index in [0.29, 0.717) is 0 Å². The zero-order valence-corrected chi connectivity index (χ0v) is 7.14. The van der Waals surface area contributed by atoms with Crippen LogP contribution in [0.3, 0.4) is 0 Å². The average Bonchev–Trinajstić information content (AvgIpc) is 2.55. The van der Waals surface area contributed by atoms with Gasteiger partial charge in [0.05, 0.1) is 0 Å². The lowest BCUT2D eigenvalue weighted by atomic mass is 10.5. The van der Waals surface area contributed by atoms with Gasteiger partial charge in [0.2, 0.25) is 0 Å². The number of aryl methyl sites for hydroxylation is 1. The normalized spacial score (nSPS) is 17.0. The zero-order valence-electron chi connectivity index (χ0n) is 6.32. The van der Waals surface area contributed by atoms with Crippen LogP contribution < -0.4 is 0 Å². The number of thioether (sulfide) groups is 1. The summed E-state index contributed by atoms with van der Waals surface area (Å²) >= 11 is 1.78. The molecule has 0 bridgehead atoms. The summed E-state index contributed by atoms with van der Waals surface area (Å²) in [6, 6.07) is 2.00. The molecule has 1 aromatic heterocycles. The minimum absolute atomic E-state index is 0.941. The van der Waals surface area contributed by atoms with Crippen LogP contribution in [0.4, 0.5) is 0 Å². The molecular formula is C7H9N3S. The number of hydrogen-bond donors (Lipinski definition) is 0. The molecule has 1 aliphatic heterocycles. The maximum Gasteiger partial charge on any atom is 0.118 e. The summed E-state index contributed by atoms with van der Waals surface area (Å²) in [6.45, 7) is 0.941. The van der Waals surface area contributed by atoms with Crippen LogP contribution in [0.5, 0.6) is 0 Å². The Labute approximate surface area is 69.5 Å². The topological polar surface area (TPSA) is 30.2 Å². The first-order valence-electron chi connectivity index (χ1n) is 3.53. The van der Waals surface area contributed by atoms with E-state index in [-0.39, 0.29) is 0 Å². The maximum absolute atomic E-state index is 4.32. The number of hydrogen-bond acceptors (Lipinski definition) is 3. The molecular weight excluding hydrogens is 158 g/mol. The molecule has 0 amide bonds. The fraction of sp³-hybridized carbons (Fsp3) is 0.429. The second-order valence-corrected chi connectivity index (χ2v) is 3.49. The largest absolute Gasteiger partial charge is 0.275 e. The Morgan fingerprint density at radius 1 is 1.64 bits per heavy atom. The first kappa shape index (κ1) is 6.91. The van der Waals surface area contributed by atoms with Crippen molar-refractivity contribution in [2.24, 2.45) is 12.0 Å². The number of nitrogens with zero attached hydrogens (tertiary/aromatic N) is 3. The molecule has 11 heavy (non-hydrogen) atoms. The lowest BCUT2D eigenvalue weighted by Crippen LogP contribution is -1.95. The Balaban J connectivity index is 2.28. The van der Waals surface area contributed by atoms with Gasteiger partial charge in [-0.1, -0.05) is 0 Å². The number of aromatic nitrogens is 2. The molecule has 58 valence electrons. The van der Waals surface area contributed by atoms with Gasteiger partial charge in [-0.05, 0) is 6.07 Å². The Kier molecular flexibility index (Phi) is 1.69. The van der Waals surface area contributed by atoms with Gasteiger partial charge in [0.1, 0.15) is 10.7 Å². The van der Waals surface area contributed by atoms with E-state index in [0.717, 1.165) is 23.0 Å². The Bertz CT molecular complexity index is 290. The van der Waals surface area contributed by atoms with Crippen LogP contribution in [0, 0.1) is 0 Å². The molecule has 0 spiro atoms. The van der Waals surface area contributed by atoms with E-state index < -0.39 is 0 Å². The van der Waals surface area contributed by atoms with Crippen LogP contribution >= 0.6 is 11.8 Å². The summed E-state index contributed by atoms with van der Waals surface area (Å²) in [5, 5.41) is 5.35. The van der Waals surface area contributed by atoms with Gasteiger partial charge in [-0.15, -0.1) is 11.8 Å². The van der Waals surface area contributed by atoms with Crippen molar-refractivity contribution < 1.29 is 0 Å². The molecule has 2 heterocycles. The highest BCUT2D eigenvalue weighted by Gasteiger charge is 2.11. The van der Waals surface area contributed by atoms with Crippen molar-refractivity contribution in [3.05, 3.63) is 18.0 Å². The SMILES string of the molecule is Cn1ccc(C2=NCCS2)n1. The number of aliphatic imine (C=N–C) groups is 1. The highest BCUT2D eigenvalue weighted by molar-refractivity contribution is 8.14. The fourth-order valence-corrected chi connectivity index (χ4v) is 1.83. The molecule has 4 heteroatoms. The van der Waals surface area contributed by atoms with Gasteiger partial charge in [-0.25, -0.2) is 0 Å². The van der Waals surface area contributed by atoms with Crippen molar-refractivity contribution in [3.63, 3.8) is 0 Å². The Hall–Kier alpha value is -0.770. The Morgan fingerprint density at radius 3 is 3.09 bits per heavy atom. The van der Waals surface area contributed by atoms with Gasteiger partial charge in [-0.2, -0.15) is 5.10 Å². The minimum Gasteiger partial charge on any atom is -0.275 e. The van der Waals surface area contributed by atoms with Gasteiger partial charge in [0, 0.05) is 25.5 Å². The minimum atomic E-state index is 0.941. The van der Waals surface area contributed by atoms with Crippen LogP contribution in [-0.2, 0) is 7.05 Å². The number of rotatable bonds is 1. The van der Waals surface area contributed by atoms with E-state index in [9.17, 15) is 0 Å². The molecule has 0 N–H and O–H groups in total. The standard InChI is InChI=1S/C7H9N3S/c1-10-4-2-6(9-10)7-8-3-5-11-7/h2,4H,3,5H2,1H3. The van der Waals surface area contributed by atoms with Gasteiger partial charge in [0.25, 0.3) is 0 Å². The second kappa shape index (κ2) is 2.70. The van der Waals surface area contributed by atoms with Crippen molar-refractivity contribution >= 4 is 16.8 Å². The smallest absolute Gasteiger partial charge is 0.118 e. The lowest BCUT2D eigenvalue weighted by Gasteiger charge is -1.90. The molecule has 0 saturated carbocycles. The molecule has 0 saturated heterocycles. The Morgan fingerprint density at radius 2 is 2.55 bits per heavy atom. The van der Waals surface area contributed by atoms with Crippen molar-refractivity contribution in [1.82, 2.24) is 9.78 Å². The van der Waals surface area contributed by atoms with E-state index in [4.69, 9.17) is 0 Å². The summed E-state index contributed by atoms with van der Waals surface area (Å²) in [4.78, 5) is 4.32. The quantitative estimate of drug-likeness (QED) is 0.622. The summed E-state index contributed by atoms with van der Waals surface area (Å²) in [5.74, 6) is 1.10. The predicted molar refractivity (Wildman–Crippen MR) is 47.1 cm³/mol. The molecule has 2 rings (SSSR count). The van der Waals surface area contributed by atoms with Crippen LogP contribution in [0.2, 0.25) is 0 Å². The summed E-state index contributed by atoms with van der Waals surface area (Å²) in [6.07, 6.45) is 1.94. The highest BCUT2D eigenvalue weighted by Crippen LogP contribution is 2.16. The van der Waals surface area contributed by atoms with Gasteiger partial charge >= 0.3 is 0 Å². The van der Waals surface area contributed by atoms with Crippen LogP contribution in [0.1, 0.15) is 5.69 Å². The van der Waals surface area contributed by atoms with E-state index in [1.165, 1.54) is 0 Å². The van der Waals surface area contributed by atoms with Crippen molar-refractivity contribution in [2.45, 2.75) is 0 Å². The molecule has 0 atom stereocenters. The summed E-state index contributed by atoms with van der Waals surface area (Å²) in [5.41, 5.74) is 1.01. The van der Waals surface area contributed by atoms with Crippen molar-refractivity contribution in [3.8, 4) is 0 Å². The molecule has 3 nitrogen and oxygen atoms in total. The second-order valence-electron chi connectivity index (χ2n) is 2.41. The van der Waals surface area contributed by atoms with Gasteiger partial charge < -0.3 is 0 Å². The molecule has 0 aromatic carbocycles. The van der Waals surface area contributed by atoms with E-state index >= 15 is 0 Å². The monoisotopic (exact) mass is 167 g/mol. The first-order chi connectivity index (χ1) is 5.36. The van der Waals surface area contributed by atoms with E-state index in [1.54, 1.807) is 16.4 Å². The van der Waals surface area contributed by atoms with Crippen LogP contribution in [0.25, 0.3) is 0 Å². The first-order valence-corrected chi connectivity index (χ1v) is 4.52. The zero-order chi connectivity index (χ0) is 7.68. The molecule has 0 aliphatic carbocycles. The lowest BCUT2D eigenvalue weighted by molar-refractivity contribution is 0.765. The summed E-state index contributed by atoms with van der Waals surface area (Å²) < 4.78 is 1.80. The third kappa shape index (κ3) is 1.30. The van der Waals surface area contributed by atoms with E-state index in [2.05, 4.69) is 10.1 Å². The highest BCUT2D eigenvalue weighted by atomic mass is 32.2. The molecule has 0 fully saturated rings. The van der Waals surface area contributed by atoms with Crippen LogP contribution in [0.15, 0.2) is 17.3 Å². The third-order valence-electron chi connectivity index (χ3n) is 1.52. The van der Waals surface area contributed by atoms with E-state index in [1.807, 2.05) is 19.3 Å². The molecule has 0 unspecified atom stereocenters. The third-order valence-corrected chi connectivity index (χ3v) is 2.52. The molecule has 1 aliphatic rings. The van der Waals surface area contributed by atoms with Crippen molar-refractivity contribution in [1.29, 1.82) is 0 Å². The average molecular weight is 167 g/mol. The maximum atomic E-state index is 4.32. The molecule has 0 radical (unpaired) electrons. The van der Waals surface area contributed by atoms with Crippen LogP contribution in [-0.4, -0.2) is 27.1 Å². The van der Waals surface area contributed by atoms with Crippen molar-refractivity contribution in [2.75, 3.05) is 12.3 Å². The predicted octanol–water partition coefficient (Wildman–Crippen LogP) is 0.913. The van der Waals surface area contributed by atoms with Gasteiger partial charge in [0.15, 0.2) is 0 Å². The fourth-order valence-electron chi connectivity index (χ4n) is 1.02. The summed E-state index contributed by atoms with van der Waals surface area (Å²) in [7, 11) is 1.92. The van der Waals surface area contributed by atoms with Gasteiger partial charge in [-0.3, -0.25) is 9.67 Å². The molecule has 1 aromatic rings.